The minimum atomic E-state index is 0.762. The zero-order chi connectivity index (χ0) is 13.0. The number of nitrogens with zero attached hydrogens (tertiary/aromatic N) is 3. The van der Waals surface area contributed by atoms with Crippen molar-refractivity contribution >= 4 is 15.9 Å². The number of rotatable bonds is 5. The Labute approximate surface area is 116 Å². The molecule has 0 unspecified atom stereocenters. The van der Waals surface area contributed by atoms with Gasteiger partial charge in [-0.3, -0.25) is 0 Å². The molecule has 0 saturated carbocycles. The fourth-order valence-corrected chi connectivity index (χ4v) is 2.45. The second-order valence-corrected chi connectivity index (χ2v) is 4.96. The maximum Gasteiger partial charge on any atom is 0.143 e. The lowest BCUT2D eigenvalue weighted by Crippen LogP contribution is -2.06. The molecule has 0 atom stereocenters. The summed E-state index contributed by atoms with van der Waals surface area (Å²) in [5.41, 5.74) is 2.66. The van der Waals surface area contributed by atoms with Crippen LogP contribution in [-0.2, 0) is 24.7 Å². The Kier molecular flexibility index (Phi) is 4.53. The average molecular weight is 308 g/mol. The Morgan fingerprint density at radius 1 is 1.06 bits per heavy atom. The first kappa shape index (κ1) is 13.3. The molecule has 0 aliphatic heterocycles. The lowest BCUT2D eigenvalue weighted by molar-refractivity contribution is 0.670. The highest BCUT2D eigenvalue weighted by molar-refractivity contribution is 9.08. The number of benzene rings is 1. The number of hydrogen-bond donors (Lipinski definition) is 0. The van der Waals surface area contributed by atoms with Gasteiger partial charge in [-0.15, -0.1) is 10.2 Å². The van der Waals surface area contributed by atoms with Gasteiger partial charge in [-0.1, -0.05) is 45.8 Å². The molecule has 0 radical (unpaired) electrons. The van der Waals surface area contributed by atoms with E-state index in [2.05, 4.69) is 68.8 Å². The molecule has 0 aliphatic rings. The normalized spacial score (nSPS) is 10.8. The molecule has 0 fully saturated rings. The molecule has 2 rings (SSSR count). The Morgan fingerprint density at radius 2 is 1.72 bits per heavy atom. The van der Waals surface area contributed by atoms with E-state index in [-0.39, 0.29) is 0 Å². The van der Waals surface area contributed by atoms with Gasteiger partial charge in [0, 0.05) is 13.0 Å². The molecule has 18 heavy (non-hydrogen) atoms. The molecule has 4 heteroatoms. The van der Waals surface area contributed by atoms with Crippen molar-refractivity contribution in [1.82, 2.24) is 14.8 Å². The van der Waals surface area contributed by atoms with Gasteiger partial charge in [-0.2, -0.15) is 0 Å². The number of halogens is 1. The summed E-state index contributed by atoms with van der Waals surface area (Å²) in [6, 6.07) is 8.69. The minimum absolute atomic E-state index is 0.762. The summed E-state index contributed by atoms with van der Waals surface area (Å²) in [6.07, 6.45) is 1.96. The third-order valence-corrected chi connectivity index (χ3v) is 3.60. The van der Waals surface area contributed by atoms with Gasteiger partial charge in [0.15, 0.2) is 0 Å². The first-order chi connectivity index (χ1) is 8.74. The highest BCUT2D eigenvalue weighted by atomic mass is 79.9. The monoisotopic (exact) mass is 307 g/mol. The molecule has 2 aromatic rings. The fraction of sp³-hybridized carbons (Fsp3) is 0.429. The van der Waals surface area contributed by atoms with E-state index in [1.165, 1.54) is 11.1 Å². The van der Waals surface area contributed by atoms with Crippen LogP contribution in [0.25, 0.3) is 0 Å². The Morgan fingerprint density at radius 3 is 2.33 bits per heavy atom. The zero-order valence-electron chi connectivity index (χ0n) is 10.9. The highest BCUT2D eigenvalue weighted by Crippen LogP contribution is 2.10. The molecular formula is C14H18BrN3. The highest BCUT2D eigenvalue weighted by Gasteiger charge is 2.09. The van der Waals surface area contributed by atoms with Gasteiger partial charge in [-0.25, -0.2) is 0 Å². The largest absolute Gasteiger partial charge is 0.315 e. The summed E-state index contributed by atoms with van der Waals surface area (Å²) in [4.78, 5) is 0. The summed E-state index contributed by atoms with van der Waals surface area (Å²) in [5.74, 6) is 2.09. The first-order valence-electron chi connectivity index (χ1n) is 6.27. The van der Waals surface area contributed by atoms with Crippen molar-refractivity contribution in [2.45, 2.75) is 38.6 Å². The maximum atomic E-state index is 4.27. The Balaban J connectivity index is 2.06. The smallest absolute Gasteiger partial charge is 0.143 e. The van der Waals surface area contributed by atoms with Gasteiger partial charge in [0.2, 0.25) is 0 Å². The topological polar surface area (TPSA) is 30.7 Å². The van der Waals surface area contributed by atoms with Crippen molar-refractivity contribution in [2.24, 2.45) is 0 Å². The minimum Gasteiger partial charge on any atom is -0.315 e. The summed E-state index contributed by atoms with van der Waals surface area (Å²) in [5, 5.41) is 9.23. The summed E-state index contributed by atoms with van der Waals surface area (Å²) >= 11 is 3.44. The average Bonchev–Trinajstić information content (AvgIpc) is 2.80. The van der Waals surface area contributed by atoms with Crippen molar-refractivity contribution in [3.63, 3.8) is 0 Å². The van der Waals surface area contributed by atoms with Crippen molar-refractivity contribution < 1.29 is 0 Å². The molecule has 1 aromatic heterocycles. The molecular weight excluding hydrogens is 290 g/mol. The lowest BCUT2D eigenvalue weighted by atomic mass is 10.1. The molecule has 0 aliphatic carbocycles. The van der Waals surface area contributed by atoms with Crippen LogP contribution in [0.4, 0.5) is 0 Å². The first-order valence-corrected chi connectivity index (χ1v) is 7.39. The molecule has 96 valence electrons. The van der Waals surface area contributed by atoms with Crippen LogP contribution in [0, 0.1) is 6.92 Å². The van der Waals surface area contributed by atoms with Crippen LogP contribution in [-0.4, -0.2) is 14.8 Å². The van der Waals surface area contributed by atoms with Crippen LogP contribution in [0.1, 0.15) is 29.7 Å². The maximum absolute atomic E-state index is 4.27. The quantitative estimate of drug-likeness (QED) is 0.794. The number of aromatic nitrogens is 3. The van der Waals surface area contributed by atoms with Crippen LogP contribution in [0.3, 0.4) is 0 Å². The van der Waals surface area contributed by atoms with Gasteiger partial charge < -0.3 is 4.57 Å². The van der Waals surface area contributed by atoms with Crippen LogP contribution in [0.5, 0.6) is 0 Å². The Hall–Kier alpha value is -1.16. The van der Waals surface area contributed by atoms with Crippen molar-refractivity contribution in [2.75, 3.05) is 0 Å². The predicted molar refractivity (Wildman–Crippen MR) is 76.9 cm³/mol. The van der Waals surface area contributed by atoms with Crippen molar-refractivity contribution in [3.05, 3.63) is 47.0 Å². The standard InChI is InChI=1S/C14H18BrN3/c1-3-18-13(16-17-14(18)10-15)9-8-12-6-4-11(2)5-7-12/h4-7H,3,8-10H2,1-2H3. The molecule has 0 saturated heterocycles. The van der Waals surface area contributed by atoms with Gasteiger partial charge in [0.1, 0.15) is 11.6 Å². The number of hydrogen-bond acceptors (Lipinski definition) is 2. The van der Waals surface area contributed by atoms with E-state index in [4.69, 9.17) is 0 Å². The third kappa shape index (κ3) is 2.99. The van der Waals surface area contributed by atoms with Gasteiger partial charge >= 0.3 is 0 Å². The molecule has 0 spiro atoms. The predicted octanol–water partition coefficient (Wildman–Crippen LogP) is 3.29. The van der Waals surface area contributed by atoms with E-state index in [0.29, 0.717) is 0 Å². The van der Waals surface area contributed by atoms with E-state index >= 15 is 0 Å². The second-order valence-electron chi connectivity index (χ2n) is 4.40. The third-order valence-electron chi connectivity index (χ3n) is 3.10. The van der Waals surface area contributed by atoms with Crippen LogP contribution in [0.15, 0.2) is 24.3 Å². The van der Waals surface area contributed by atoms with Gasteiger partial charge in [-0.05, 0) is 25.8 Å². The molecule has 1 aromatic carbocycles. The van der Waals surface area contributed by atoms with E-state index in [1.54, 1.807) is 0 Å². The van der Waals surface area contributed by atoms with E-state index in [0.717, 1.165) is 36.4 Å². The molecule has 0 amide bonds. The molecule has 0 N–H and O–H groups in total. The van der Waals surface area contributed by atoms with E-state index in [9.17, 15) is 0 Å². The van der Waals surface area contributed by atoms with E-state index < -0.39 is 0 Å². The van der Waals surface area contributed by atoms with Gasteiger partial charge in [0.25, 0.3) is 0 Å². The molecule has 1 heterocycles. The molecule has 3 nitrogen and oxygen atoms in total. The SMILES string of the molecule is CCn1c(CBr)nnc1CCc1ccc(C)cc1. The number of aryl methyl sites for hydroxylation is 3. The van der Waals surface area contributed by atoms with Crippen LogP contribution < -0.4 is 0 Å². The van der Waals surface area contributed by atoms with Crippen LogP contribution >= 0.6 is 15.9 Å². The number of alkyl halides is 1. The van der Waals surface area contributed by atoms with Gasteiger partial charge in [0.05, 0.1) is 5.33 Å². The Bertz CT molecular complexity index is 502. The molecule has 0 bridgehead atoms. The second kappa shape index (κ2) is 6.14. The summed E-state index contributed by atoms with van der Waals surface area (Å²) in [6.45, 7) is 5.17. The van der Waals surface area contributed by atoms with Crippen molar-refractivity contribution in [1.29, 1.82) is 0 Å². The summed E-state index contributed by atoms with van der Waals surface area (Å²) < 4.78 is 2.18. The summed E-state index contributed by atoms with van der Waals surface area (Å²) in [7, 11) is 0. The van der Waals surface area contributed by atoms with Crippen molar-refractivity contribution in [3.8, 4) is 0 Å². The lowest BCUT2D eigenvalue weighted by Gasteiger charge is -2.06. The fourth-order valence-electron chi connectivity index (χ4n) is 2.03. The zero-order valence-corrected chi connectivity index (χ0v) is 12.4. The van der Waals surface area contributed by atoms with E-state index in [1.807, 2.05) is 0 Å². The van der Waals surface area contributed by atoms with Crippen LogP contribution in [0.2, 0.25) is 0 Å².